The number of hydrazone groups is 1. The van der Waals surface area contributed by atoms with Crippen molar-refractivity contribution in [2.24, 2.45) is 5.10 Å². The van der Waals surface area contributed by atoms with Crippen LogP contribution in [-0.2, 0) is 11.0 Å². The van der Waals surface area contributed by atoms with Crippen molar-refractivity contribution in [3.63, 3.8) is 0 Å². The maximum atomic E-state index is 12.6. The predicted octanol–water partition coefficient (Wildman–Crippen LogP) is 4.99. The summed E-state index contributed by atoms with van der Waals surface area (Å²) in [7, 11) is 0. The number of rotatable bonds is 6. The van der Waals surface area contributed by atoms with E-state index in [1.165, 1.54) is 30.1 Å². The van der Waals surface area contributed by atoms with E-state index in [-0.39, 0.29) is 17.9 Å². The van der Waals surface area contributed by atoms with Crippen LogP contribution in [0.5, 0.6) is 0 Å². The minimum Gasteiger partial charge on any atom is -0.273 e. The first kappa shape index (κ1) is 19.3. The molecule has 1 N–H and O–H groups in total. The Hall–Kier alpha value is -1.99. The van der Waals surface area contributed by atoms with Gasteiger partial charge in [-0.2, -0.15) is 18.3 Å². The third kappa shape index (κ3) is 6.80. The quantitative estimate of drug-likeness (QED) is 0.431. The molecule has 0 saturated heterocycles. The molecule has 0 unspecified atom stereocenters. The topological polar surface area (TPSA) is 41.5 Å². The second-order valence-electron chi connectivity index (χ2n) is 4.97. The van der Waals surface area contributed by atoms with Gasteiger partial charge in [0.05, 0.1) is 11.8 Å². The highest BCUT2D eigenvalue weighted by molar-refractivity contribution is 7.99. The molecule has 0 heterocycles. The van der Waals surface area contributed by atoms with Crippen LogP contribution in [0.2, 0.25) is 5.02 Å². The number of hydrogen-bond donors (Lipinski definition) is 1. The largest absolute Gasteiger partial charge is 0.416 e. The number of thioether (sulfide) groups is 1. The normalized spacial score (nSPS) is 11.7. The van der Waals surface area contributed by atoms with Crippen LogP contribution in [0.25, 0.3) is 0 Å². The van der Waals surface area contributed by atoms with Crippen LogP contribution in [-0.4, -0.2) is 17.9 Å². The first-order chi connectivity index (χ1) is 11.8. The average molecular weight is 387 g/mol. The first-order valence-electron chi connectivity index (χ1n) is 7.22. The van der Waals surface area contributed by atoms with Crippen LogP contribution in [0, 0.1) is 0 Å². The minimum absolute atomic E-state index is 0.229. The van der Waals surface area contributed by atoms with E-state index in [0.29, 0.717) is 10.8 Å². The molecule has 2 rings (SSSR count). The zero-order valence-corrected chi connectivity index (χ0v) is 14.5. The lowest BCUT2D eigenvalue weighted by Gasteiger charge is -2.06. The molecule has 2 aromatic rings. The third-order valence-corrected chi connectivity index (χ3v) is 4.29. The second-order valence-corrected chi connectivity index (χ2v) is 6.57. The molecule has 0 atom stereocenters. The van der Waals surface area contributed by atoms with Crippen LogP contribution in [0.1, 0.15) is 17.5 Å². The van der Waals surface area contributed by atoms with Gasteiger partial charge >= 0.3 is 6.18 Å². The van der Waals surface area contributed by atoms with Crippen molar-refractivity contribution in [2.75, 3.05) is 5.75 Å². The Morgan fingerprint density at radius 1 is 1.20 bits per heavy atom. The molecule has 0 fully saturated rings. The van der Waals surface area contributed by atoms with Gasteiger partial charge in [0, 0.05) is 22.1 Å². The molecule has 3 nitrogen and oxygen atoms in total. The number of carbonyl (C=O) groups excluding carboxylic acids is 1. The van der Waals surface area contributed by atoms with E-state index in [0.717, 1.165) is 17.0 Å². The Morgan fingerprint density at radius 3 is 2.60 bits per heavy atom. The SMILES string of the molecule is O=C(CCSc1ccc(Cl)cc1)N/N=C\c1cccc(C(F)(F)F)c1. The van der Waals surface area contributed by atoms with Crippen molar-refractivity contribution in [2.45, 2.75) is 17.5 Å². The lowest BCUT2D eigenvalue weighted by Crippen LogP contribution is -2.17. The van der Waals surface area contributed by atoms with Gasteiger partial charge in [-0.25, -0.2) is 5.43 Å². The third-order valence-electron chi connectivity index (χ3n) is 3.03. The van der Waals surface area contributed by atoms with E-state index in [4.69, 9.17) is 11.6 Å². The second kappa shape index (κ2) is 8.92. The lowest BCUT2D eigenvalue weighted by molar-refractivity contribution is -0.137. The van der Waals surface area contributed by atoms with Gasteiger partial charge in [-0.15, -0.1) is 11.8 Å². The summed E-state index contributed by atoms with van der Waals surface area (Å²) in [6, 6.07) is 12.0. The van der Waals surface area contributed by atoms with Crippen molar-refractivity contribution >= 4 is 35.5 Å². The van der Waals surface area contributed by atoms with Crippen molar-refractivity contribution in [1.29, 1.82) is 0 Å². The lowest BCUT2D eigenvalue weighted by atomic mass is 10.1. The number of benzene rings is 2. The number of carbonyl (C=O) groups is 1. The number of halogens is 4. The van der Waals surface area contributed by atoms with E-state index >= 15 is 0 Å². The summed E-state index contributed by atoms with van der Waals surface area (Å²) in [6.07, 6.45) is -3.00. The Balaban J connectivity index is 1.77. The Bertz CT molecular complexity index is 748. The van der Waals surface area contributed by atoms with Gasteiger partial charge in [-0.05, 0) is 42.0 Å². The highest BCUT2D eigenvalue weighted by Gasteiger charge is 2.30. The zero-order valence-electron chi connectivity index (χ0n) is 12.9. The van der Waals surface area contributed by atoms with Crippen LogP contribution >= 0.6 is 23.4 Å². The van der Waals surface area contributed by atoms with Crippen LogP contribution in [0.3, 0.4) is 0 Å². The summed E-state index contributed by atoms with van der Waals surface area (Å²) >= 11 is 7.28. The number of alkyl halides is 3. The van der Waals surface area contributed by atoms with E-state index in [2.05, 4.69) is 10.5 Å². The highest BCUT2D eigenvalue weighted by atomic mass is 35.5. The van der Waals surface area contributed by atoms with E-state index in [9.17, 15) is 18.0 Å². The zero-order chi connectivity index (χ0) is 18.3. The average Bonchev–Trinajstić information content (AvgIpc) is 2.56. The monoisotopic (exact) mass is 386 g/mol. The summed E-state index contributed by atoms with van der Waals surface area (Å²) in [6.45, 7) is 0. The smallest absolute Gasteiger partial charge is 0.273 e. The summed E-state index contributed by atoms with van der Waals surface area (Å²) in [4.78, 5) is 12.7. The number of amides is 1. The molecular formula is C17H14ClF3N2OS. The molecule has 0 bridgehead atoms. The Kier molecular flexibility index (Phi) is 6.90. The summed E-state index contributed by atoms with van der Waals surface area (Å²) < 4.78 is 37.8. The first-order valence-corrected chi connectivity index (χ1v) is 8.58. The van der Waals surface area contributed by atoms with Crippen molar-refractivity contribution in [1.82, 2.24) is 5.43 Å². The van der Waals surface area contributed by atoms with Crippen LogP contribution in [0.15, 0.2) is 58.5 Å². The molecule has 0 aliphatic rings. The Morgan fingerprint density at radius 2 is 1.92 bits per heavy atom. The van der Waals surface area contributed by atoms with E-state index in [1.54, 1.807) is 12.1 Å². The molecule has 132 valence electrons. The van der Waals surface area contributed by atoms with Crippen LogP contribution in [0.4, 0.5) is 13.2 Å². The van der Waals surface area contributed by atoms with Gasteiger partial charge in [-0.3, -0.25) is 4.79 Å². The molecular weight excluding hydrogens is 373 g/mol. The molecule has 0 aromatic heterocycles. The summed E-state index contributed by atoms with van der Waals surface area (Å²) in [5.41, 5.74) is 1.79. The van der Waals surface area contributed by atoms with Gasteiger partial charge in [0.2, 0.25) is 5.91 Å². The summed E-state index contributed by atoms with van der Waals surface area (Å²) in [5, 5.41) is 4.33. The fourth-order valence-corrected chi connectivity index (χ4v) is 2.80. The Labute approximate surface area is 152 Å². The number of nitrogens with zero attached hydrogens (tertiary/aromatic N) is 1. The molecule has 0 aliphatic carbocycles. The molecule has 1 amide bonds. The van der Waals surface area contributed by atoms with Gasteiger partial charge < -0.3 is 0 Å². The van der Waals surface area contributed by atoms with Gasteiger partial charge in [0.25, 0.3) is 0 Å². The summed E-state index contributed by atoms with van der Waals surface area (Å²) in [5.74, 6) is 0.233. The highest BCUT2D eigenvalue weighted by Crippen LogP contribution is 2.29. The van der Waals surface area contributed by atoms with Gasteiger partial charge in [0.15, 0.2) is 0 Å². The molecule has 0 saturated carbocycles. The van der Waals surface area contributed by atoms with Crippen molar-refractivity contribution < 1.29 is 18.0 Å². The van der Waals surface area contributed by atoms with Crippen molar-refractivity contribution in [3.8, 4) is 0 Å². The molecule has 0 radical (unpaired) electrons. The standard InChI is InChI=1S/C17H14ClF3N2OS/c18-14-4-6-15(7-5-14)25-9-8-16(24)23-22-11-12-2-1-3-13(10-12)17(19,20)21/h1-7,10-11H,8-9H2,(H,23,24)/b22-11-. The molecule has 0 spiro atoms. The predicted molar refractivity (Wildman–Crippen MR) is 94.0 cm³/mol. The molecule has 2 aromatic carbocycles. The maximum Gasteiger partial charge on any atom is 0.416 e. The molecule has 0 aliphatic heterocycles. The molecule has 25 heavy (non-hydrogen) atoms. The van der Waals surface area contributed by atoms with E-state index in [1.807, 2.05) is 12.1 Å². The number of hydrogen-bond acceptors (Lipinski definition) is 3. The maximum absolute atomic E-state index is 12.6. The fraction of sp³-hybridized carbons (Fsp3) is 0.176. The van der Waals surface area contributed by atoms with Crippen LogP contribution < -0.4 is 5.43 Å². The van der Waals surface area contributed by atoms with Crippen molar-refractivity contribution in [3.05, 3.63) is 64.7 Å². The van der Waals surface area contributed by atoms with Gasteiger partial charge in [-0.1, -0.05) is 23.7 Å². The van der Waals surface area contributed by atoms with Gasteiger partial charge in [0.1, 0.15) is 0 Å². The number of nitrogens with one attached hydrogen (secondary N) is 1. The fourth-order valence-electron chi connectivity index (χ4n) is 1.82. The van der Waals surface area contributed by atoms with E-state index < -0.39 is 11.7 Å². The molecule has 8 heteroatoms. The minimum atomic E-state index is -4.41.